The molecule has 0 saturated carbocycles. The molecule has 1 aromatic rings. The molecule has 1 aromatic carbocycles. The Balaban J connectivity index is 2.63. The van der Waals surface area contributed by atoms with Crippen molar-refractivity contribution in [1.29, 1.82) is 0 Å². The maximum absolute atomic E-state index is 12.0. The number of aliphatic imine (C=N–C) groups is 1. The van der Waals surface area contributed by atoms with Gasteiger partial charge in [-0.1, -0.05) is 12.1 Å². The number of hydrogen-bond acceptors (Lipinski definition) is 5. The molecule has 0 aliphatic carbocycles. The Bertz CT molecular complexity index is 556. The predicted octanol–water partition coefficient (Wildman–Crippen LogP) is 1.19. The largest absolute Gasteiger partial charge is 0.382 e. The minimum atomic E-state index is -0.713. The summed E-state index contributed by atoms with van der Waals surface area (Å²) >= 11 is 4.55. The Morgan fingerprint density at radius 2 is 2.24 bits per heavy atom. The normalized spacial score (nSPS) is 11.1. The van der Waals surface area contributed by atoms with Crippen molar-refractivity contribution < 1.29 is 14.3 Å². The van der Waals surface area contributed by atoms with Gasteiger partial charge in [0.05, 0.1) is 17.5 Å². The van der Waals surface area contributed by atoms with Crippen molar-refractivity contribution in [1.82, 2.24) is 10.6 Å². The highest BCUT2D eigenvalue weighted by molar-refractivity contribution is 7.78. The second-order valence-electron chi connectivity index (χ2n) is 4.30. The Hall–Kier alpha value is -2.08. The van der Waals surface area contributed by atoms with Gasteiger partial charge >= 0.3 is 0 Å². The fraction of sp³-hybridized carbons (Fsp3) is 0.357. The molecule has 21 heavy (non-hydrogen) atoms. The van der Waals surface area contributed by atoms with Crippen LogP contribution in [0.25, 0.3) is 0 Å². The van der Waals surface area contributed by atoms with Crippen LogP contribution in [0.15, 0.2) is 29.3 Å². The number of amides is 2. The van der Waals surface area contributed by atoms with E-state index < -0.39 is 6.04 Å². The molecule has 1 atom stereocenters. The van der Waals surface area contributed by atoms with Crippen molar-refractivity contribution in [3.05, 3.63) is 29.8 Å². The van der Waals surface area contributed by atoms with E-state index >= 15 is 0 Å². The van der Waals surface area contributed by atoms with Crippen LogP contribution < -0.4 is 10.6 Å². The summed E-state index contributed by atoms with van der Waals surface area (Å²) in [6.45, 7) is 1.78. The van der Waals surface area contributed by atoms with Gasteiger partial charge in [0.15, 0.2) is 0 Å². The number of carbonyl (C=O) groups is 2. The molecule has 2 amide bonds. The molecule has 0 radical (unpaired) electrons. The van der Waals surface area contributed by atoms with Gasteiger partial charge in [0.25, 0.3) is 0 Å². The highest BCUT2D eigenvalue weighted by Crippen LogP contribution is 2.13. The minimum absolute atomic E-state index is 0.112. The van der Waals surface area contributed by atoms with Crippen LogP contribution in [0.2, 0.25) is 0 Å². The lowest BCUT2D eigenvalue weighted by Gasteiger charge is -2.16. The number of rotatable bonds is 7. The van der Waals surface area contributed by atoms with Gasteiger partial charge in [-0.15, -0.1) is 0 Å². The van der Waals surface area contributed by atoms with Crippen molar-refractivity contribution in [3.63, 3.8) is 0 Å². The molecule has 0 aliphatic heterocycles. The Labute approximate surface area is 128 Å². The van der Waals surface area contributed by atoms with Crippen molar-refractivity contribution in [2.45, 2.75) is 19.5 Å². The van der Waals surface area contributed by atoms with E-state index in [4.69, 9.17) is 4.74 Å². The third kappa shape index (κ3) is 6.27. The van der Waals surface area contributed by atoms with Crippen molar-refractivity contribution in [2.75, 3.05) is 13.7 Å². The van der Waals surface area contributed by atoms with E-state index in [1.54, 1.807) is 12.1 Å². The summed E-state index contributed by atoms with van der Waals surface area (Å²) in [7, 11) is 1.47. The zero-order valence-corrected chi connectivity index (χ0v) is 12.7. The van der Waals surface area contributed by atoms with Gasteiger partial charge in [0.2, 0.25) is 11.8 Å². The maximum atomic E-state index is 12.0. The van der Waals surface area contributed by atoms with E-state index in [0.29, 0.717) is 12.2 Å². The fourth-order valence-corrected chi connectivity index (χ4v) is 1.80. The van der Waals surface area contributed by atoms with Gasteiger partial charge in [-0.2, -0.15) is 4.99 Å². The van der Waals surface area contributed by atoms with Crippen LogP contribution in [0.4, 0.5) is 5.69 Å². The van der Waals surface area contributed by atoms with Gasteiger partial charge in [0.1, 0.15) is 6.04 Å². The van der Waals surface area contributed by atoms with Crippen LogP contribution in [0.3, 0.4) is 0 Å². The molecule has 0 bridgehead atoms. The molecule has 1 rings (SSSR count). The number of thiocarbonyl (C=S) groups is 1. The van der Waals surface area contributed by atoms with E-state index in [2.05, 4.69) is 33.0 Å². The summed E-state index contributed by atoms with van der Waals surface area (Å²) in [5.41, 5.74) is 1.54. The second-order valence-corrected chi connectivity index (χ2v) is 4.48. The van der Waals surface area contributed by atoms with E-state index in [0.717, 1.165) is 5.56 Å². The molecule has 0 aromatic heterocycles. The number of isothiocyanates is 1. The fourth-order valence-electron chi connectivity index (χ4n) is 1.70. The lowest BCUT2D eigenvalue weighted by Crippen LogP contribution is -2.48. The third-order valence-corrected chi connectivity index (χ3v) is 2.67. The Morgan fingerprint density at radius 1 is 1.48 bits per heavy atom. The number of nitrogens with one attached hydrogen (secondary N) is 2. The van der Waals surface area contributed by atoms with E-state index in [-0.39, 0.29) is 18.4 Å². The Morgan fingerprint density at radius 3 is 2.86 bits per heavy atom. The van der Waals surface area contributed by atoms with Crippen molar-refractivity contribution in [2.24, 2.45) is 4.99 Å². The number of carbonyl (C=O) groups excluding carboxylic acids is 2. The summed E-state index contributed by atoms with van der Waals surface area (Å²) in [6, 6.07) is 6.54. The van der Waals surface area contributed by atoms with Crippen LogP contribution in [-0.2, 0) is 20.9 Å². The first-order valence-electron chi connectivity index (χ1n) is 6.27. The van der Waals surface area contributed by atoms with Crippen molar-refractivity contribution >= 4 is 34.9 Å². The summed E-state index contributed by atoms with van der Waals surface area (Å²) in [5, 5.41) is 7.56. The predicted molar refractivity (Wildman–Crippen MR) is 82.5 cm³/mol. The monoisotopic (exact) mass is 307 g/mol. The van der Waals surface area contributed by atoms with Gasteiger partial charge < -0.3 is 15.4 Å². The van der Waals surface area contributed by atoms with Gasteiger partial charge in [-0.25, -0.2) is 0 Å². The molecule has 7 heteroatoms. The van der Waals surface area contributed by atoms with Crippen LogP contribution in [-0.4, -0.2) is 36.7 Å². The highest BCUT2D eigenvalue weighted by Gasteiger charge is 2.18. The van der Waals surface area contributed by atoms with Crippen LogP contribution in [0, 0.1) is 0 Å². The number of methoxy groups -OCH3 is 1. The molecular formula is C14H17N3O3S. The molecule has 0 heterocycles. The smallest absolute Gasteiger partial charge is 0.245 e. The molecule has 112 valence electrons. The van der Waals surface area contributed by atoms with Gasteiger partial charge in [-0.05, 0) is 29.9 Å². The summed E-state index contributed by atoms with van der Waals surface area (Å²) < 4.78 is 4.92. The zero-order valence-electron chi connectivity index (χ0n) is 11.9. The number of hydrogen-bond donors (Lipinski definition) is 2. The average Bonchev–Trinajstić information content (AvgIpc) is 2.44. The van der Waals surface area contributed by atoms with E-state index in [1.165, 1.54) is 14.0 Å². The first-order chi connectivity index (χ1) is 10.1. The standard InChI is InChI=1S/C14H17N3O3S/c1-10(18)17-13(8-20-2)14(19)15-7-11-4-3-5-12(6-11)16-9-21/h3-6,13H,7-8H2,1-2H3,(H,15,19)(H,17,18)/t13-/m0/s1. The van der Waals surface area contributed by atoms with E-state index in [1.807, 2.05) is 12.1 Å². The lowest BCUT2D eigenvalue weighted by atomic mass is 10.2. The van der Waals surface area contributed by atoms with Crippen LogP contribution in [0.1, 0.15) is 12.5 Å². The molecule has 0 aliphatic rings. The topological polar surface area (TPSA) is 79.8 Å². The van der Waals surface area contributed by atoms with Gasteiger partial charge in [0, 0.05) is 20.6 Å². The molecule has 2 N–H and O–H groups in total. The summed E-state index contributed by atoms with van der Waals surface area (Å²) in [6.07, 6.45) is 0. The Kier molecular flexibility index (Phi) is 7.25. The quantitative estimate of drug-likeness (QED) is 0.586. The molecular weight excluding hydrogens is 290 g/mol. The molecule has 0 fully saturated rings. The first-order valence-corrected chi connectivity index (χ1v) is 6.68. The van der Waals surface area contributed by atoms with Crippen LogP contribution in [0.5, 0.6) is 0 Å². The number of benzene rings is 1. The van der Waals surface area contributed by atoms with E-state index in [9.17, 15) is 9.59 Å². The maximum Gasteiger partial charge on any atom is 0.245 e. The SMILES string of the molecule is COC[C@H](NC(C)=O)C(=O)NCc1cccc(N=C=S)c1. The van der Waals surface area contributed by atoms with Crippen molar-refractivity contribution in [3.8, 4) is 0 Å². The molecule has 6 nitrogen and oxygen atoms in total. The number of nitrogens with zero attached hydrogens (tertiary/aromatic N) is 1. The summed E-state index contributed by atoms with van der Waals surface area (Å²) in [5.74, 6) is -0.597. The van der Waals surface area contributed by atoms with Gasteiger partial charge in [-0.3, -0.25) is 9.59 Å². The highest BCUT2D eigenvalue weighted by atomic mass is 32.1. The second kappa shape index (κ2) is 8.97. The molecule has 0 saturated heterocycles. The van der Waals surface area contributed by atoms with Crippen LogP contribution >= 0.6 is 12.2 Å². The molecule has 0 unspecified atom stereocenters. The minimum Gasteiger partial charge on any atom is -0.382 e. The third-order valence-electron chi connectivity index (χ3n) is 2.58. The lowest BCUT2D eigenvalue weighted by molar-refractivity contribution is -0.129. The summed E-state index contributed by atoms with van der Waals surface area (Å²) in [4.78, 5) is 26.9. The number of ether oxygens (including phenoxy) is 1. The first kappa shape index (κ1) is 17.0. The average molecular weight is 307 g/mol. The zero-order chi connectivity index (χ0) is 15.7. The molecule has 0 spiro atoms.